The Labute approximate surface area is 230 Å². The third-order valence-corrected chi connectivity index (χ3v) is 8.74. The molecule has 0 saturated carbocycles. The van der Waals surface area contributed by atoms with Crippen LogP contribution in [0.2, 0.25) is 0 Å². The van der Waals surface area contributed by atoms with E-state index in [-0.39, 0.29) is 5.41 Å². The van der Waals surface area contributed by atoms with Crippen LogP contribution in [-0.4, -0.2) is 7.11 Å². The van der Waals surface area contributed by atoms with Gasteiger partial charge in [0.05, 0.1) is 12.5 Å². The van der Waals surface area contributed by atoms with Gasteiger partial charge in [0.15, 0.2) is 0 Å². The maximum atomic E-state index is 5.44. The Morgan fingerprint density at radius 2 is 1.13 bits per heavy atom. The van der Waals surface area contributed by atoms with E-state index in [9.17, 15) is 0 Å². The number of hydrogen-bond donors (Lipinski definition) is 0. The van der Waals surface area contributed by atoms with Crippen LogP contribution in [0.3, 0.4) is 0 Å². The summed E-state index contributed by atoms with van der Waals surface area (Å²) in [6.45, 7) is 8.62. The molecule has 0 N–H and O–H groups in total. The quantitative estimate of drug-likeness (QED) is 0.238. The lowest BCUT2D eigenvalue weighted by Crippen LogP contribution is -2.26. The number of aryl methyl sites for hydroxylation is 1. The molecule has 0 radical (unpaired) electrons. The average Bonchev–Trinajstić information content (AvgIpc) is 3.42. The Bertz CT molecular complexity index is 1820. The van der Waals surface area contributed by atoms with Gasteiger partial charge in [-0.05, 0) is 104 Å². The SMILES string of the molecule is C=CC1=C(C)c2ccccc2C12c1ccccc1-c1cc(-c3ccc(-c4ccc(OC)c(C)c4)cc3)ccc12. The molecule has 0 heterocycles. The third-order valence-electron chi connectivity index (χ3n) is 8.74. The smallest absolute Gasteiger partial charge is 0.121 e. The van der Waals surface area contributed by atoms with Crippen molar-refractivity contribution in [1.82, 2.24) is 0 Å². The molecule has 1 unspecified atom stereocenters. The Kier molecular flexibility index (Phi) is 5.25. The summed E-state index contributed by atoms with van der Waals surface area (Å²) < 4.78 is 5.44. The lowest BCUT2D eigenvalue weighted by molar-refractivity contribution is 0.412. The molecule has 5 aromatic rings. The lowest BCUT2D eigenvalue weighted by Gasteiger charge is -2.31. The van der Waals surface area contributed by atoms with E-state index in [1.165, 1.54) is 66.8 Å². The summed E-state index contributed by atoms with van der Waals surface area (Å²) in [5, 5.41) is 0. The molecule has 1 nitrogen and oxygen atoms in total. The van der Waals surface area contributed by atoms with Gasteiger partial charge in [0.25, 0.3) is 0 Å². The van der Waals surface area contributed by atoms with E-state index in [2.05, 4.69) is 130 Å². The molecule has 0 fully saturated rings. The van der Waals surface area contributed by atoms with Crippen LogP contribution < -0.4 is 4.74 Å². The van der Waals surface area contributed by atoms with E-state index in [1.807, 2.05) is 6.07 Å². The zero-order valence-corrected chi connectivity index (χ0v) is 22.6. The summed E-state index contributed by atoms with van der Waals surface area (Å²) in [7, 11) is 1.72. The molecule has 1 heteroatoms. The van der Waals surface area contributed by atoms with Gasteiger partial charge >= 0.3 is 0 Å². The fourth-order valence-corrected chi connectivity index (χ4v) is 6.97. The summed E-state index contributed by atoms with van der Waals surface area (Å²) in [5.41, 5.74) is 16.3. The molecule has 2 aliphatic rings. The normalized spacial score (nSPS) is 16.7. The van der Waals surface area contributed by atoms with E-state index in [0.717, 1.165) is 11.3 Å². The monoisotopic (exact) mass is 502 g/mol. The molecule has 0 amide bonds. The van der Waals surface area contributed by atoms with Gasteiger partial charge in [-0.15, -0.1) is 0 Å². The summed E-state index contributed by atoms with van der Waals surface area (Å²) in [6.07, 6.45) is 2.08. The van der Waals surface area contributed by atoms with Crippen LogP contribution in [0.5, 0.6) is 5.75 Å². The van der Waals surface area contributed by atoms with Gasteiger partial charge in [0.2, 0.25) is 0 Å². The number of hydrogen-bond acceptors (Lipinski definition) is 1. The first-order valence-corrected chi connectivity index (χ1v) is 13.5. The molecule has 7 rings (SSSR count). The minimum absolute atomic E-state index is 0.317. The van der Waals surface area contributed by atoms with Gasteiger partial charge in [0.1, 0.15) is 5.75 Å². The highest BCUT2D eigenvalue weighted by molar-refractivity contribution is 5.96. The zero-order chi connectivity index (χ0) is 26.7. The maximum Gasteiger partial charge on any atom is 0.121 e. The van der Waals surface area contributed by atoms with Crippen LogP contribution in [-0.2, 0) is 5.41 Å². The zero-order valence-electron chi connectivity index (χ0n) is 22.6. The molecular weight excluding hydrogens is 472 g/mol. The van der Waals surface area contributed by atoms with Gasteiger partial charge in [-0.1, -0.05) is 104 Å². The molecule has 1 atom stereocenters. The summed E-state index contributed by atoms with van der Waals surface area (Å²) in [4.78, 5) is 0. The van der Waals surface area contributed by atoms with Crippen molar-refractivity contribution in [3.05, 3.63) is 155 Å². The molecule has 1 spiro atoms. The van der Waals surface area contributed by atoms with Crippen LogP contribution in [0.1, 0.15) is 34.7 Å². The van der Waals surface area contributed by atoms with Gasteiger partial charge in [0, 0.05) is 0 Å². The minimum atomic E-state index is -0.317. The molecule has 5 aromatic carbocycles. The largest absolute Gasteiger partial charge is 0.496 e. The van der Waals surface area contributed by atoms with Crippen molar-refractivity contribution in [2.75, 3.05) is 7.11 Å². The first kappa shape index (κ1) is 23.5. The van der Waals surface area contributed by atoms with Crippen LogP contribution in [0.25, 0.3) is 39.0 Å². The highest BCUT2D eigenvalue weighted by Crippen LogP contribution is 2.62. The van der Waals surface area contributed by atoms with Crippen LogP contribution in [0, 0.1) is 6.92 Å². The first-order valence-electron chi connectivity index (χ1n) is 13.5. The van der Waals surface area contributed by atoms with E-state index >= 15 is 0 Å². The molecule has 39 heavy (non-hydrogen) atoms. The van der Waals surface area contributed by atoms with E-state index in [0.29, 0.717) is 0 Å². The van der Waals surface area contributed by atoms with Gasteiger partial charge in [-0.3, -0.25) is 0 Å². The highest BCUT2D eigenvalue weighted by Gasteiger charge is 2.51. The van der Waals surface area contributed by atoms with E-state index in [4.69, 9.17) is 4.74 Å². The summed E-state index contributed by atoms with van der Waals surface area (Å²) >= 11 is 0. The van der Waals surface area contributed by atoms with Crippen molar-refractivity contribution < 1.29 is 4.74 Å². The molecule has 0 aromatic heterocycles. The lowest BCUT2D eigenvalue weighted by atomic mass is 9.69. The topological polar surface area (TPSA) is 9.23 Å². The first-order chi connectivity index (χ1) is 19.1. The highest BCUT2D eigenvalue weighted by atomic mass is 16.5. The molecule has 0 aliphatic heterocycles. The Hall–Kier alpha value is -4.62. The molecular formula is C38H30O. The second-order valence-electron chi connectivity index (χ2n) is 10.6. The second-order valence-corrected chi connectivity index (χ2v) is 10.6. The standard InChI is InChI=1S/C38H30O/c1-5-33-25(3)30-10-6-8-12-34(30)38(33)35-13-9-7-11-31(35)32-23-29(18-20-36(32)38)27-16-14-26(15-17-27)28-19-21-37(39-4)24(2)22-28/h5-23H,1H2,2-4H3. The van der Waals surface area contributed by atoms with E-state index in [1.54, 1.807) is 7.11 Å². The van der Waals surface area contributed by atoms with Crippen molar-refractivity contribution in [1.29, 1.82) is 0 Å². The van der Waals surface area contributed by atoms with Crippen molar-refractivity contribution >= 4 is 5.57 Å². The molecule has 0 saturated heterocycles. The van der Waals surface area contributed by atoms with Crippen molar-refractivity contribution in [2.45, 2.75) is 19.3 Å². The van der Waals surface area contributed by atoms with Gasteiger partial charge in [-0.25, -0.2) is 0 Å². The predicted octanol–water partition coefficient (Wildman–Crippen LogP) is 9.63. The van der Waals surface area contributed by atoms with E-state index < -0.39 is 0 Å². The fourth-order valence-electron chi connectivity index (χ4n) is 6.97. The Morgan fingerprint density at radius 1 is 0.590 bits per heavy atom. The molecule has 0 bridgehead atoms. The van der Waals surface area contributed by atoms with Crippen molar-refractivity contribution in [2.24, 2.45) is 0 Å². The minimum Gasteiger partial charge on any atom is -0.496 e. The van der Waals surface area contributed by atoms with Gasteiger partial charge in [-0.2, -0.15) is 0 Å². The number of rotatable bonds is 4. The number of benzene rings is 5. The predicted molar refractivity (Wildman–Crippen MR) is 163 cm³/mol. The molecule has 2 aliphatic carbocycles. The summed E-state index contributed by atoms with van der Waals surface area (Å²) in [6, 6.07) is 40.0. The number of fused-ring (bicyclic) bond motifs is 7. The fraction of sp³-hybridized carbons (Fsp3) is 0.105. The van der Waals surface area contributed by atoms with Crippen molar-refractivity contribution in [3.63, 3.8) is 0 Å². The van der Waals surface area contributed by atoms with Crippen LogP contribution >= 0.6 is 0 Å². The Morgan fingerprint density at radius 3 is 1.77 bits per heavy atom. The number of ether oxygens (including phenoxy) is 1. The second kappa shape index (κ2) is 8.71. The average molecular weight is 503 g/mol. The maximum absolute atomic E-state index is 5.44. The number of methoxy groups -OCH3 is 1. The Balaban J connectivity index is 1.37. The van der Waals surface area contributed by atoms with Crippen molar-refractivity contribution in [3.8, 4) is 39.1 Å². The van der Waals surface area contributed by atoms with Crippen LogP contribution in [0.4, 0.5) is 0 Å². The third kappa shape index (κ3) is 3.20. The summed E-state index contributed by atoms with van der Waals surface area (Å²) in [5.74, 6) is 0.918. The van der Waals surface area contributed by atoms with Gasteiger partial charge < -0.3 is 4.74 Å². The van der Waals surface area contributed by atoms with Crippen LogP contribution in [0.15, 0.2) is 127 Å². The number of allylic oxidation sites excluding steroid dienone is 3. The molecule has 188 valence electrons.